The summed E-state index contributed by atoms with van der Waals surface area (Å²) in [6.45, 7) is 9.72. The van der Waals surface area contributed by atoms with Crippen molar-refractivity contribution in [3.8, 4) is 0 Å². The first-order valence-electron chi connectivity index (χ1n) is 11.6. The van der Waals surface area contributed by atoms with E-state index >= 15 is 0 Å². The van der Waals surface area contributed by atoms with Crippen LogP contribution in [-0.4, -0.2) is 60.9 Å². The lowest BCUT2D eigenvalue weighted by Gasteiger charge is -2.38. The molecule has 1 aromatic rings. The maximum absolute atomic E-state index is 13.7. The standard InChI is InChI=1S/C24H33FN4OS/c1-17(23-7-3-12-30-23)26-21-8-11-29(16-28-9-4-10-28)22(21)14-20-15-31-24(27-20)18-5-2-6-19(25)13-18/h2,5-6,13,15,21-24,26-27H,1,3-4,7-12,14,16H2/t21-,22-,23-,24?/m0/s1. The topological polar surface area (TPSA) is 39.8 Å². The molecule has 0 aliphatic carbocycles. The zero-order valence-corrected chi connectivity index (χ0v) is 18.9. The highest BCUT2D eigenvalue weighted by atomic mass is 32.2. The molecule has 0 bridgehead atoms. The first-order chi connectivity index (χ1) is 15.2. The maximum atomic E-state index is 13.7. The monoisotopic (exact) mass is 444 g/mol. The van der Waals surface area contributed by atoms with Crippen molar-refractivity contribution in [1.29, 1.82) is 0 Å². The molecule has 4 aliphatic rings. The number of nitrogens with zero attached hydrogens (tertiary/aromatic N) is 2. The Balaban J connectivity index is 1.24. The smallest absolute Gasteiger partial charge is 0.123 e. The molecule has 4 atom stereocenters. The van der Waals surface area contributed by atoms with Crippen LogP contribution >= 0.6 is 11.8 Å². The Kier molecular flexibility index (Phi) is 6.55. The summed E-state index contributed by atoms with van der Waals surface area (Å²) in [4.78, 5) is 5.16. The first kappa shape index (κ1) is 21.3. The van der Waals surface area contributed by atoms with E-state index in [1.807, 2.05) is 6.07 Å². The van der Waals surface area contributed by atoms with E-state index < -0.39 is 0 Å². The summed E-state index contributed by atoms with van der Waals surface area (Å²) < 4.78 is 19.5. The molecule has 168 valence electrons. The van der Waals surface area contributed by atoms with Crippen LogP contribution in [0.5, 0.6) is 0 Å². The Labute approximate surface area is 189 Å². The van der Waals surface area contributed by atoms with Gasteiger partial charge in [-0.25, -0.2) is 4.39 Å². The Morgan fingerprint density at radius 3 is 2.90 bits per heavy atom. The van der Waals surface area contributed by atoms with Gasteiger partial charge in [0.2, 0.25) is 0 Å². The number of hydrogen-bond acceptors (Lipinski definition) is 6. The van der Waals surface area contributed by atoms with Crippen LogP contribution in [0, 0.1) is 5.82 Å². The average molecular weight is 445 g/mol. The lowest BCUT2D eigenvalue weighted by atomic mass is 10.0. The quantitative estimate of drug-likeness (QED) is 0.636. The predicted molar refractivity (Wildman–Crippen MR) is 124 cm³/mol. The van der Waals surface area contributed by atoms with E-state index in [4.69, 9.17) is 4.74 Å². The predicted octanol–water partition coefficient (Wildman–Crippen LogP) is 3.78. The zero-order chi connectivity index (χ0) is 21.2. The fourth-order valence-electron chi connectivity index (χ4n) is 5.05. The van der Waals surface area contributed by atoms with E-state index in [2.05, 4.69) is 32.4 Å². The zero-order valence-electron chi connectivity index (χ0n) is 18.1. The van der Waals surface area contributed by atoms with Crippen LogP contribution in [0.2, 0.25) is 0 Å². The van der Waals surface area contributed by atoms with Crippen molar-refractivity contribution in [2.75, 3.05) is 32.9 Å². The Morgan fingerprint density at radius 2 is 2.16 bits per heavy atom. The highest BCUT2D eigenvalue weighted by molar-refractivity contribution is 8.02. The summed E-state index contributed by atoms with van der Waals surface area (Å²) in [5.41, 5.74) is 3.27. The molecule has 31 heavy (non-hydrogen) atoms. The van der Waals surface area contributed by atoms with Gasteiger partial charge in [0, 0.05) is 56.1 Å². The second-order valence-electron chi connectivity index (χ2n) is 9.12. The van der Waals surface area contributed by atoms with Gasteiger partial charge in [-0.15, -0.1) is 11.8 Å². The van der Waals surface area contributed by atoms with Crippen molar-refractivity contribution in [2.24, 2.45) is 0 Å². The van der Waals surface area contributed by atoms with Gasteiger partial charge < -0.3 is 15.4 Å². The molecular formula is C24H33FN4OS. The number of nitrogens with one attached hydrogen (secondary N) is 2. The Morgan fingerprint density at radius 1 is 1.26 bits per heavy atom. The summed E-state index contributed by atoms with van der Waals surface area (Å²) in [6, 6.07) is 7.69. The van der Waals surface area contributed by atoms with E-state index in [1.54, 1.807) is 23.9 Å². The molecule has 3 fully saturated rings. The molecule has 2 N–H and O–H groups in total. The second-order valence-corrected chi connectivity index (χ2v) is 10.1. The van der Waals surface area contributed by atoms with Crippen molar-refractivity contribution >= 4 is 11.8 Å². The average Bonchev–Trinajstić information content (AvgIpc) is 3.48. The minimum absolute atomic E-state index is 0.0872. The minimum Gasteiger partial charge on any atom is -0.382 e. The van der Waals surface area contributed by atoms with Crippen molar-refractivity contribution in [3.05, 3.63) is 59.0 Å². The molecule has 1 aromatic carbocycles. The lowest BCUT2D eigenvalue weighted by molar-refractivity contribution is 0.0695. The number of halogens is 1. The number of ether oxygens (including phenoxy) is 1. The molecule has 7 heteroatoms. The normalized spacial score (nSPS) is 31.3. The number of rotatable bonds is 8. The Bertz CT molecular complexity index is 824. The summed E-state index contributed by atoms with van der Waals surface area (Å²) in [7, 11) is 0. The minimum atomic E-state index is -0.179. The molecule has 0 aromatic heterocycles. The molecule has 0 amide bonds. The third-order valence-corrected chi connectivity index (χ3v) is 8.01. The molecule has 0 radical (unpaired) electrons. The van der Waals surface area contributed by atoms with Crippen LogP contribution < -0.4 is 10.6 Å². The van der Waals surface area contributed by atoms with Crippen molar-refractivity contribution in [2.45, 2.75) is 55.7 Å². The van der Waals surface area contributed by atoms with Crippen LogP contribution in [0.3, 0.4) is 0 Å². The third-order valence-electron chi connectivity index (χ3n) is 6.92. The summed E-state index contributed by atoms with van der Waals surface area (Å²) in [6.07, 6.45) is 5.74. The van der Waals surface area contributed by atoms with Crippen LogP contribution in [0.25, 0.3) is 0 Å². The summed E-state index contributed by atoms with van der Waals surface area (Å²) in [5.74, 6) is -0.179. The fourth-order valence-corrected chi connectivity index (χ4v) is 6.03. The SMILES string of the molecule is C=C(N[C@H]1CCN(CN2CCC2)[C@H]1CC1=CSC(c2cccc(F)c2)N1)[C@@H]1CCCO1. The Hall–Kier alpha value is -1.54. The van der Waals surface area contributed by atoms with Crippen LogP contribution in [0.4, 0.5) is 4.39 Å². The van der Waals surface area contributed by atoms with Gasteiger partial charge in [-0.1, -0.05) is 18.7 Å². The molecule has 1 unspecified atom stereocenters. The molecule has 0 saturated carbocycles. The number of hydrogen-bond donors (Lipinski definition) is 2. The molecule has 4 aliphatic heterocycles. The van der Waals surface area contributed by atoms with Gasteiger partial charge in [-0.3, -0.25) is 9.80 Å². The highest BCUT2D eigenvalue weighted by Gasteiger charge is 2.38. The second kappa shape index (κ2) is 9.53. The van der Waals surface area contributed by atoms with Crippen molar-refractivity contribution < 1.29 is 9.13 Å². The van der Waals surface area contributed by atoms with Gasteiger partial charge in [-0.2, -0.15) is 0 Å². The third kappa shape index (κ3) is 4.95. The molecule has 5 nitrogen and oxygen atoms in total. The van der Waals surface area contributed by atoms with Gasteiger partial charge in [0.1, 0.15) is 11.2 Å². The van der Waals surface area contributed by atoms with E-state index in [1.165, 1.54) is 31.3 Å². The molecule has 5 rings (SSSR count). The van der Waals surface area contributed by atoms with E-state index in [0.717, 1.165) is 56.8 Å². The maximum Gasteiger partial charge on any atom is 0.123 e. The number of benzene rings is 1. The van der Waals surface area contributed by atoms with Gasteiger partial charge in [0.15, 0.2) is 0 Å². The van der Waals surface area contributed by atoms with Gasteiger partial charge >= 0.3 is 0 Å². The molecule has 0 spiro atoms. The molecule has 4 heterocycles. The van der Waals surface area contributed by atoms with Crippen LogP contribution in [0.1, 0.15) is 43.0 Å². The first-order valence-corrected chi connectivity index (χ1v) is 12.5. The van der Waals surface area contributed by atoms with E-state index in [9.17, 15) is 4.39 Å². The van der Waals surface area contributed by atoms with E-state index in [-0.39, 0.29) is 17.3 Å². The van der Waals surface area contributed by atoms with Gasteiger partial charge in [0.25, 0.3) is 0 Å². The van der Waals surface area contributed by atoms with E-state index in [0.29, 0.717) is 12.1 Å². The summed E-state index contributed by atoms with van der Waals surface area (Å²) in [5, 5.41) is 9.69. The largest absolute Gasteiger partial charge is 0.382 e. The fraction of sp³-hybridized carbons (Fsp3) is 0.583. The van der Waals surface area contributed by atoms with Crippen LogP contribution in [-0.2, 0) is 4.74 Å². The number of thioether (sulfide) groups is 1. The molecular weight excluding hydrogens is 411 g/mol. The number of likely N-dealkylation sites (tertiary alicyclic amines) is 2. The highest BCUT2D eigenvalue weighted by Crippen LogP contribution is 2.37. The van der Waals surface area contributed by atoms with Crippen LogP contribution in [0.15, 0.2) is 47.6 Å². The van der Waals surface area contributed by atoms with Gasteiger partial charge in [-0.05, 0) is 48.8 Å². The van der Waals surface area contributed by atoms with Crippen molar-refractivity contribution in [3.63, 3.8) is 0 Å². The van der Waals surface area contributed by atoms with Crippen molar-refractivity contribution in [1.82, 2.24) is 20.4 Å². The summed E-state index contributed by atoms with van der Waals surface area (Å²) >= 11 is 1.74. The van der Waals surface area contributed by atoms with Gasteiger partial charge in [0.05, 0.1) is 12.8 Å². The lowest BCUT2D eigenvalue weighted by Crippen LogP contribution is -2.50. The molecule has 3 saturated heterocycles.